The SMILES string of the molecule is CCc1cnnc(C(C)C)c1. The fourth-order valence-corrected chi connectivity index (χ4v) is 0.901. The van der Waals surface area contributed by atoms with Crippen LogP contribution in [0.2, 0.25) is 0 Å². The van der Waals surface area contributed by atoms with Gasteiger partial charge in [-0.05, 0) is 24.0 Å². The zero-order valence-electron chi connectivity index (χ0n) is 7.33. The van der Waals surface area contributed by atoms with Gasteiger partial charge in [-0.2, -0.15) is 10.2 Å². The highest BCUT2D eigenvalue weighted by atomic mass is 15.1. The van der Waals surface area contributed by atoms with Crippen LogP contribution in [-0.4, -0.2) is 10.2 Å². The summed E-state index contributed by atoms with van der Waals surface area (Å²) >= 11 is 0. The van der Waals surface area contributed by atoms with Crippen LogP contribution in [0.5, 0.6) is 0 Å². The van der Waals surface area contributed by atoms with E-state index in [0.717, 1.165) is 12.1 Å². The first-order chi connectivity index (χ1) is 5.24. The summed E-state index contributed by atoms with van der Waals surface area (Å²) < 4.78 is 0. The van der Waals surface area contributed by atoms with E-state index in [9.17, 15) is 0 Å². The minimum Gasteiger partial charge on any atom is -0.159 e. The molecule has 0 aliphatic heterocycles. The monoisotopic (exact) mass is 150 g/mol. The van der Waals surface area contributed by atoms with Crippen molar-refractivity contribution >= 4 is 0 Å². The smallest absolute Gasteiger partial charge is 0.0659 e. The summed E-state index contributed by atoms with van der Waals surface area (Å²) in [5.74, 6) is 0.481. The van der Waals surface area contributed by atoms with E-state index in [2.05, 4.69) is 37.0 Å². The van der Waals surface area contributed by atoms with Crippen molar-refractivity contribution in [2.75, 3.05) is 0 Å². The Kier molecular flexibility index (Phi) is 2.58. The molecule has 0 aliphatic carbocycles. The number of hydrogen-bond donors (Lipinski definition) is 0. The van der Waals surface area contributed by atoms with Gasteiger partial charge >= 0.3 is 0 Å². The minimum absolute atomic E-state index is 0.481. The number of hydrogen-bond acceptors (Lipinski definition) is 2. The van der Waals surface area contributed by atoms with Gasteiger partial charge in [-0.25, -0.2) is 0 Å². The zero-order valence-corrected chi connectivity index (χ0v) is 7.33. The second-order valence-corrected chi connectivity index (χ2v) is 3.00. The Bertz CT molecular complexity index is 231. The highest BCUT2D eigenvalue weighted by Crippen LogP contribution is 2.11. The van der Waals surface area contributed by atoms with Gasteiger partial charge in [0, 0.05) is 0 Å². The van der Waals surface area contributed by atoms with E-state index in [4.69, 9.17) is 0 Å². The highest BCUT2D eigenvalue weighted by Gasteiger charge is 2.00. The third kappa shape index (κ3) is 2.00. The van der Waals surface area contributed by atoms with E-state index in [1.807, 2.05) is 6.20 Å². The quantitative estimate of drug-likeness (QED) is 0.645. The molecule has 1 rings (SSSR count). The summed E-state index contributed by atoms with van der Waals surface area (Å²) in [6.07, 6.45) is 2.86. The fourth-order valence-electron chi connectivity index (χ4n) is 0.901. The fraction of sp³-hybridized carbons (Fsp3) is 0.556. The summed E-state index contributed by atoms with van der Waals surface area (Å²) in [6, 6.07) is 2.12. The van der Waals surface area contributed by atoms with E-state index >= 15 is 0 Å². The van der Waals surface area contributed by atoms with E-state index in [1.54, 1.807) is 0 Å². The van der Waals surface area contributed by atoms with Crippen LogP contribution in [0.25, 0.3) is 0 Å². The summed E-state index contributed by atoms with van der Waals surface area (Å²) in [5.41, 5.74) is 2.35. The van der Waals surface area contributed by atoms with Gasteiger partial charge in [0.25, 0.3) is 0 Å². The van der Waals surface area contributed by atoms with Crippen molar-refractivity contribution in [3.63, 3.8) is 0 Å². The minimum atomic E-state index is 0.481. The molecule has 2 nitrogen and oxygen atoms in total. The molecule has 1 aromatic rings. The average Bonchev–Trinajstić information content (AvgIpc) is 2.05. The van der Waals surface area contributed by atoms with Crippen LogP contribution in [0, 0.1) is 0 Å². The van der Waals surface area contributed by atoms with Crippen LogP contribution in [0.1, 0.15) is 37.9 Å². The molecule has 0 saturated heterocycles. The Morgan fingerprint density at radius 3 is 2.73 bits per heavy atom. The van der Waals surface area contributed by atoms with E-state index < -0.39 is 0 Å². The lowest BCUT2D eigenvalue weighted by atomic mass is 10.1. The predicted octanol–water partition coefficient (Wildman–Crippen LogP) is 2.16. The van der Waals surface area contributed by atoms with Crippen molar-refractivity contribution in [1.29, 1.82) is 0 Å². The lowest BCUT2D eigenvalue weighted by Gasteiger charge is -2.03. The lowest BCUT2D eigenvalue weighted by molar-refractivity contribution is 0.777. The maximum atomic E-state index is 4.04. The first kappa shape index (κ1) is 8.18. The molecule has 1 heterocycles. The molecule has 0 radical (unpaired) electrons. The van der Waals surface area contributed by atoms with Gasteiger partial charge in [0.15, 0.2) is 0 Å². The molecule has 0 aliphatic rings. The number of aryl methyl sites for hydroxylation is 1. The molecular formula is C9H14N2. The van der Waals surface area contributed by atoms with Gasteiger partial charge in [0.1, 0.15) is 0 Å². The van der Waals surface area contributed by atoms with Crippen molar-refractivity contribution in [3.8, 4) is 0 Å². The molecule has 11 heavy (non-hydrogen) atoms. The molecule has 0 bridgehead atoms. The maximum absolute atomic E-state index is 4.04. The van der Waals surface area contributed by atoms with E-state index in [1.165, 1.54) is 5.56 Å². The number of nitrogens with zero attached hydrogens (tertiary/aromatic N) is 2. The third-order valence-corrected chi connectivity index (χ3v) is 1.73. The summed E-state index contributed by atoms with van der Waals surface area (Å²) in [7, 11) is 0. The molecular weight excluding hydrogens is 136 g/mol. The first-order valence-corrected chi connectivity index (χ1v) is 4.05. The van der Waals surface area contributed by atoms with Crippen molar-refractivity contribution in [2.45, 2.75) is 33.1 Å². The van der Waals surface area contributed by atoms with Crippen LogP contribution < -0.4 is 0 Å². The van der Waals surface area contributed by atoms with Crippen molar-refractivity contribution in [2.24, 2.45) is 0 Å². The Morgan fingerprint density at radius 1 is 1.45 bits per heavy atom. The van der Waals surface area contributed by atoms with Crippen LogP contribution in [-0.2, 0) is 6.42 Å². The van der Waals surface area contributed by atoms with Gasteiger partial charge in [-0.3, -0.25) is 0 Å². The lowest BCUT2D eigenvalue weighted by Crippen LogP contribution is -1.96. The molecule has 0 saturated carbocycles. The zero-order chi connectivity index (χ0) is 8.27. The van der Waals surface area contributed by atoms with Gasteiger partial charge in [0.05, 0.1) is 11.9 Å². The normalized spacial score (nSPS) is 10.5. The maximum Gasteiger partial charge on any atom is 0.0659 e. The van der Waals surface area contributed by atoms with Gasteiger partial charge in [-0.15, -0.1) is 0 Å². The molecule has 0 atom stereocenters. The molecule has 60 valence electrons. The van der Waals surface area contributed by atoms with Crippen LogP contribution in [0.15, 0.2) is 12.3 Å². The average molecular weight is 150 g/mol. The van der Waals surface area contributed by atoms with E-state index in [0.29, 0.717) is 5.92 Å². The van der Waals surface area contributed by atoms with E-state index in [-0.39, 0.29) is 0 Å². The molecule has 0 spiro atoms. The van der Waals surface area contributed by atoms with Crippen molar-refractivity contribution in [1.82, 2.24) is 10.2 Å². The Morgan fingerprint density at radius 2 is 2.18 bits per heavy atom. The van der Waals surface area contributed by atoms with Crippen LogP contribution >= 0.6 is 0 Å². The topological polar surface area (TPSA) is 25.8 Å². The van der Waals surface area contributed by atoms with Gasteiger partial charge in [0.2, 0.25) is 0 Å². The largest absolute Gasteiger partial charge is 0.159 e. The first-order valence-electron chi connectivity index (χ1n) is 4.05. The van der Waals surface area contributed by atoms with Gasteiger partial charge < -0.3 is 0 Å². The molecule has 0 fully saturated rings. The Labute approximate surface area is 67.7 Å². The van der Waals surface area contributed by atoms with Crippen molar-refractivity contribution in [3.05, 3.63) is 23.5 Å². The Hall–Kier alpha value is -0.920. The second-order valence-electron chi connectivity index (χ2n) is 3.00. The molecule has 0 aromatic carbocycles. The molecule has 0 amide bonds. The van der Waals surface area contributed by atoms with Crippen LogP contribution in [0.4, 0.5) is 0 Å². The second kappa shape index (κ2) is 3.46. The van der Waals surface area contributed by atoms with Crippen molar-refractivity contribution < 1.29 is 0 Å². The third-order valence-electron chi connectivity index (χ3n) is 1.73. The predicted molar refractivity (Wildman–Crippen MR) is 45.5 cm³/mol. The van der Waals surface area contributed by atoms with Crippen LogP contribution in [0.3, 0.4) is 0 Å². The molecule has 2 heteroatoms. The Balaban J connectivity index is 2.91. The number of aromatic nitrogens is 2. The molecule has 0 unspecified atom stereocenters. The highest BCUT2D eigenvalue weighted by molar-refractivity contribution is 5.14. The summed E-state index contributed by atoms with van der Waals surface area (Å²) in [4.78, 5) is 0. The molecule has 0 N–H and O–H groups in total. The van der Waals surface area contributed by atoms with Gasteiger partial charge in [-0.1, -0.05) is 20.8 Å². The number of rotatable bonds is 2. The summed E-state index contributed by atoms with van der Waals surface area (Å²) in [5, 5.41) is 7.96. The molecule has 1 aromatic heterocycles. The standard InChI is InChI=1S/C9H14N2/c1-4-8-5-9(7(2)3)11-10-6-8/h5-7H,4H2,1-3H3. The summed E-state index contributed by atoms with van der Waals surface area (Å²) in [6.45, 7) is 6.38.